The summed E-state index contributed by atoms with van der Waals surface area (Å²) in [6.45, 7) is 3.31. The van der Waals surface area contributed by atoms with Crippen molar-refractivity contribution in [3.8, 4) is 0 Å². The molecule has 0 aliphatic heterocycles. The average molecular weight is 261 g/mol. The third-order valence-electron chi connectivity index (χ3n) is 3.10. The molecule has 19 heavy (non-hydrogen) atoms. The van der Waals surface area contributed by atoms with Crippen LogP contribution in [0.25, 0.3) is 10.9 Å². The van der Waals surface area contributed by atoms with Crippen LogP contribution in [-0.4, -0.2) is 33.9 Å². The first kappa shape index (κ1) is 13.6. The maximum absolute atomic E-state index is 9.38. The van der Waals surface area contributed by atoms with Crippen molar-refractivity contribution in [1.82, 2.24) is 4.98 Å². The summed E-state index contributed by atoms with van der Waals surface area (Å²) in [7, 11) is 0. The van der Waals surface area contributed by atoms with E-state index in [0.717, 1.165) is 22.3 Å². The smallest absolute Gasteiger partial charge is 0.0806 e. The molecular formula is C14H19N3O2. The normalized spacial score (nSPS) is 11.8. The van der Waals surface area contributed by atoms with Gasteiger partial charge in [0.2, 0.25) is 0 Å². The molecule has 5 N–H and O–H groups in total. The van der Waals surface area contributed by atoms with Crippen LogP contribution in [0.15, 0.2) is 24.3 Å². The van der Waals surface area contributed by atoms with Crippen LogP contribution in [0.3, 0.4) is 0 Å². The molecule has 2 aromatic rings. The summed E-state index contributed by atoms with van der Waals surface area (Å²) in [4.78, 5) is 4.44. The fourth-order valence-electron chi connectivity index (χ4n) is 1.93. The van der Waals surface area contributed by atoms with Crippen LogP contribution in [0.2, 0.25) is 0 Å². The summed E-state index contributed by atoms with van der Waals surface area (Å²) < 4.78 is 0. The van der Waals surface area contributed by atoms with Gasteiger partial charge < -0.3 is 21.3 Å². The number of aryl methyl sites for hydroxylation is 1. The van der Waals surface area contributed by atoms with Crippen molar-refractivity contribution in [1.29, 1.82) is 0 Å². The maximum atomic E-state index is 9.38. The summed E-state index contributed by atoms with van der Waals surface area (Å²) in [6.07, 6.45) is 0. The number of hydrogen-bond acceptors (Lipinski definition) is 5. The van der Waals surface area contributed by atoms with Crippen LogP contribution in [0.5, 0.6) is 0 Å². The van der Waals surface area contributed by atoms with Crippen LogP contribution in [0, 0.1) is 6.92 Å². The Labute approximate surface area is 112 Å². The molecule has 0 fully saturated rings. The Morgan fingerprint density at radius 2 is 1.95 bits per heavy atom. The molecule has 0 saturated carbocycles. The first-order chi connectivity index (χ1) is 8.97. The van der Waals surface area contributed by atoms with Crippen molar-refractivity contribution in [3.05, 3.63) is 30.0 Å². The number of nitrogen functional groups attached to an aromatic ring is 1. The van der Waals surface area contributed by atoms with E-state index in [1.807, 2.05) is 25.1 Å². The van der Waals surface area contributed by atoms with E-state index in [0.29, 0.717) is 5.69 Å². The van der Waals surface area contributed by atoms with Gasteiger partial charge in [-0.05, 0) is 38.1 Å². The molecule has 5 heteroatoms. The Kier molecular flexibility index (Phi) is 3.59. The Bertz CT molecular complexity index is 595. The number of aliphatic hydroxyl groups is 2. The molecular weight excluding hydrogens is 242 g/mol. The lowest BCUT2D eigenvalue weighted by molar-refractivity contribution is 0.147. The molecule has 1 aromatic heterocycles. The highest BCUT2D eigenvalue weighted by Crippen LogP contribution is 2.27. The van der Waals surface area contributed by atoms with Gasteiger partial charge in [0.25, 0.3) is 0 Å². The SMILES string of the molecule is Cc1cc(NC(C)(CO)CO)c2cc(N)ccc2n1. The van der Waals surface area contributed by atoms with E-state index in [-0.39, 0.29) is 13.2 Å². The second kappa shape index (κ2) is 5.03. The number of nitrogens with zero attached hydrogens (tertiary/aromatic N) is 1. The monoisotopic (exact) mass is 261 g/mol. The van der Waals surface area contributed by atoms with Gasteiger partial charge >= 0.3 is 0 Å². The highest BCUT2D eigenvalue weighted by Gasteiger charge is 2.23. The van der Waals surface area contributed by atoms with Gasteiger partial charge in [0.15, 0.2) is 0 Å². The van der Waals surface area contributed by atoms with Crippen molar-refractivity contribution in [2.24, 2.45) is 0 Å². The predicted octanol–water partition coefficient (Wildman–Crippen LogP) is 1.28. The quantitative estimate of drug-likeness (QED) is 0.622. The molecule has 0 aliphatic rings. The lowest BCUT2D eigenvalue weighted by Gasteiger charge is -2.28. The minimum Gasteiger partial charge on any atom is -0.399 e. The molecule has 0 bridgehead atoms. The van der Waals surface area contributed by atoms with E-state index in [2.05, 4.69) is 10.3 Å². The number of nitrogens with two attached hydrogens (primary N) is 1. The van der Waals surface area contributed by atoms with Crippen LogP contribution in [0.1, 0.15) is 12.6 Å². The molecule has 5 nitrogen and oxygen atoms in total. The molecule has 1 aromatic carbocycles. The number of fused-ring (bicyclic) bond motifs is 1. The molecule has 0 spiro atoms. The van der Waals surface area contributed by atoms with Crippen molar-refractivity contribution in [2.45, 2.75) is 19.4 Å². The number of pyridine rings is 1. The molecule has 0 radical (unpaired) electrons. The van der Waals surface area contributed by atoms with E-state index in [4.69, 9.17) is 5.73 Å². The topological polar surface area (TPSA) is 91.4 Å². The van der Waals surface area contributed by atoms with E-state index in [1.54, 1.807) is 13.0 Å². The maximum Gasteiger partial charge on any atom is 0.0806 e. The van der Waals surface area contributed by atoms with Crippen molar-refractivity contribution < 1.29 is 10.2 Å². The summed E-state index contributed by atoms with van der Waals surface area (Å²) in [5, 5.41) is 22.8. The van der Waals surface area contributed by atoms with E-state index < -0.39 is 5.54 Å². The molecule has 0 saturated heterocycles. The first-order valence-corrected chi connectivity index (χ1v) is 6.14. The van der Waals surface area contributed by atoms with Gasteiger partial charge in [-0.3, -0.25) is 4.98 Å². The van der Waals surface area contributed by atoms with Gasteiger partial charge in [-0.15, -0.1) is 0 Å². The van der Waals surface area contributed by atoms with Gasteiger partial charge in [0.1, 0.15) is 0 Å². The number of anilines is 2. The van der Waals surface area contributed by atoms with Crippen molar-refractivity contribution in [3.63, 3.8) is 0 Å². The van der Waals surface area contributed by atoms with Crippen LogP contribution in [0.4, 0.5) is 11.4 Å². The zero-order chi connectivity index (χ0) is 14.0. The number of aromatic nitrogens is 1. The zero-order valence-electron chi connectivity index (χ0n) is 11.1. The fraction of sp³-hybridized carbons (Fsp3) is 0.357. The molecule has 2 rings (SSSR count). The van der Waals surface area contributed by atoms with Crippen LogP contribution < -0.4 is 11.1 Å². The standard InChI is InChI=1S/C14H19N3O2/c1-9-5-13(17-14(2,7-18)8-19)11-6-10(15)3-4-12(11)16-9/h3-6,18-19H,7-8,15H2,1-2H3,(H,16,17). The van der Waals surface area contributed by atoms with Gasteiger partial charge in [0.05, 0.1) is 24.3 Å². The average Bonchev–Trinajstić information content (AvgIpc) is 2.39. The molecule has 102 valence electrons. The minimum atomic E-state index is -0.786. The van der Waals surface area contributed by atoms with Gasteiger partial charge in [-0.25, -0.2) is 0 Å². The fourth-order valence-corrected chi connectivity index (χ4v) is 1.93. The van der Waals surface area contributed by atoms with Gasteiger partial charge in [-0.2, -0.15) is 0 Å². The zero-order valence-corrected chi connectivity index (χ0v) is 11.1. The van der Waals surface area contributed by atoms with Crippen molar-refractivity contribution >= 4 is 22.3 Å². The van der Waals surface area contributed by atoms with E-state index in [9.17, 15) is 10.2 Å². The highest BCUT2D eigenvalue weighted by atomic mass is 16.3. The van der Waals surface area contributed by atoms with E-state index in [1.165, 1.54) is 0 Å². The Balaban J connectivity index is 2.55. The summed E-state index contributed by atoms with van der Waals surface area (Å²) >= 11 is 0. The molecule has 1 heterocycles. The highest BCUT2D eigenvalue weighted by molar-refractivity contribution is 5.93. The number of rotatable bonds is 4. The first-order valence-electron chi connectivity index (χ1n) is 6.14. The largest absolute Gasteiger partial charge is 0.399 e. The predicted molar refractivity (Wildman–Crippen MR) is 77.1 cm³/mol. The molecule has 0 unspecified atom stereocenters. The summed E-state index contributed by atoms with van der Waals surface area (Å²) in [5.74, 6) is 0. The lowest BCUT2D eigenvalue weighted by atomic mass is 10.0. The minimum absolute atomic E-state index is 0.172. The second-order valence-electron chi connectivity index (χ2n) is 5.09. The third kappa shape index (κ3) is 2.77. The Morgan fingerprint density at radius 3 is 2.58 bits per heavy atom. The lowest BCUT2D eigenvalue weighted by Crippen LogP contribution is -2.42. The number of nitrogens with one attached hydrogen (secondary N) is 1. The number of aliphatic hydroxyl groups excluding tert-OH is 2. The molecule has 0 amide bonds. The van der Waals surface area contributed by atoms with Gasteiger partial charge in [0, 0.05) is 22.5 Å². The van der Waals surface area contributed by atoms with Crippen LogP contribution >= 0.6 is 0 Å². The second-order valence-corrected chi connectivity index (χ2v) is 5.09. The van der Waals surface area contributed by atoms with Crippen molar-refractivity contribution in [2.75, 3.05) is 24.3 Å². The Morgan fingerprint density at radius 1 is 1.26 bits per heavy atom. The number of hydrogen-bond donors (Lipinski definition) is 4. The third-order valence-corrected chi connectivity index (χ3v) is 3.10. The van der Waals surface area contributed by atoms with Crippen LogP contribution in [-0.2, 0) is 0 Å². The summed E-state index contributed by atoms with van der Waals surface area (Å²) in [5.41, 5.74) is 8.16. The van der Waals surface area contributed by atoms with Gasteiger partial charge in [-0.1, -0.05) is 0 Å². The molecule has 0 atom stereocenters. The summed E-state index contributed by atoms with van der Waals surface area (Å²) in [6, 6.07) is 7.37. The number of benzene rings is 1. The Hall–Kier alpha value is -1.85. The molecule has 0 aliphatic carbocycles. The van der Waals surface area contributed by atoms with E-state index >= 15 is 0 Å².